The third kappa shape index (κ3) is 3.75. The normalized spacial score (nSPS) is 30.6. The number of pyridine rings is 1. The number of hydrogen-bond donors (Lipinski definition) is 1. The molecule has 2 aromatic heterocycles. The van der Waals surface area contributed by atoms with Gasteiger partial charge < -0.3 is 14.8 Å². The van der Waals surface area contributed by atoms with E-state index >= 15 is 0 Å². The molecule has 33 heavy (non-hydrogen) atoms. The van der Waals surface area contributed by atoms with Gasteiger partial charge >= 0.3 is 0 Å². The highest BCUT2D eigenvalue weighted by Crippen LogP contribution is 2.60. The Bertz CT molecular complexity index is 1070. The number of anilines is 1. The summed E-state index contributed by atoms with van der Waals surface area (Å²) in [6.07, 6.45) is 10.0. The zero-order valence-electron chi connectivity index (χ0n) is 19.4. The molecule has 7 heteroatoms. The summed E-state index contributed by atoms with van der Waals surface area (Å²) in [5.41, 5.74) is 1.40. The van der Waals surface area contributed by atoms with Crippen molar-refractivity contribution in [3.63, 3.8) is 0 Å². The van der Waals surface area contributed by atoms with Gasteiger partial charge in [0.25, 0.3) is 5.56 Å². The first kappa shape index (κ1) is 20.9. The summed E-state index contributed by atoms with van der Waals surface area (Å²) in [5.74, 6) is 4.30. The number of hydrogen-bond acceptors (Lipinski definition) is 5. The Hall–Kier alpha value is -2.70. The molecule has 5 fully saturated rings. The van der Waals surface area contributed by atoms with E-state index in [-0.39, 0.29) is 11.0 Å². The number of nitrogens with one attached hydrogen (secondary N) is 1. The maximum absolute atomic E-state index is 13.6. The first-order chi connectivity index (χ1) is 16.0. The number of piperazine rings is 1. The van der Waals surface area contributed by atoms with Crippen LogP contribution in [-0.2, 0) is 11.2 Å². The SMILES string of the molecule is CCc1cc(=O)[nH]c(-c2ccc(N3CCN(C(=O)C45CC6CC(CC(C6)C4)C5)CC3)nc2)n1. The fraction of sp³-hybridized carbons (Fsp3) is 0.615. The lowest BCUT2D eigenvalue weighted by Gasteiger charge is -2.57. The van der Waals surface area contributed by atoms with Crippen molar-refractivity contribution in [2.45, 2.75) is 51.9 Å². The third-order valence-corrected chi connectivity index (χ3v) is 8.56. The molecular weight excluding hydrogens is 414 g/mol. The molecule has 1 saturated heterocycles. The number of nitrogens with zero attached hydrogens (tertiary/aromatic N) is 4. The summed E-state index contributed by atoms with van der Waals surface area (Å²) >= 11 is 0. The summed E-state index contributed by atoms with van der Waals surface area (Å²) in [4.78, 5) is 41.9. The van der Waals surface area contributed by atoms with E-state index in [4.69, 9.17) is 0 Å². The van der Waals surface area contributed by atoms with Gasteiger partial charge in [-0.05, 0) is 74.8 Å². The van der Waals surface area contributed by atoms with E-state index in [9.17, 15) is 9.59 Å². The fourth-order valence-electron chi connectivity index (χ4n) is 7.39. The maximum atomic E-state index is 13.6. The number of amides is 1. The summed E-state index contributed by atoms with van der Waals surface area (Å²) in [5, 5.41) is 0. The highest BCUT2D eigenvalue weighted by Gasteiger charge is 2.55. The number of carbonyl (C=O) groups excluding carboxylic acids is 1. The van der Waals surface area contributed by atoms with E-state index in [1.807, 2.05) is 19.1 Å². The molecule has 7 nitrogen and oxygen atoms in total. The molecule has 5 aliphatic rings. The lowest BCUT2D eigenvalue weighted by Crippen LogP contribution is -2.58. The van der Waals surface area contributed by atoms with Gasteiger partial charge in [0.15, 0.2) is 0 Å². The molecular formula is C26H33N5O2. The van der Waals surface area contributed by atoms with Crippen molar-refractivity contribution in [1.29, 1.82) is 0 Å². The molecule has 1 N–H and O–H groups in total. The van der Waals surface area contributed by atoms with Crippen LogP contribution in [0, 0.1) is 23.2 Å². The van der Waals surface area contributed by atoms with E-state index in [1.165, 1.54) is 25.3 Å². The number of aromatic nitrogens is 3. The lowest BCUT2D eigenvalue weighted by molar-refractivity contribution is -0.158. The van der Waals surface area contributed by atoms with Crippen LogP contribution in [0.4, 0.5) is 5.82 Å². The summed E-state index contributed by atoms with van der Waals surface area (Å²) < 4.78 is 0. The number of aryl methyl sites for hydroxylation is 1. The predicted octanol–water partition coefficient (Wildman–Crippen LogP) is 3.26. The molecule has 0 atom stereocenters. The molecule has 2 aromatic rings. The van der Waals surface area contributed by atoms with Crippen molar-refractivity contribution < 1.29 is 4.79 Å². The highest BCUT2D eigenvalue weighted by molar-refractivity contribution is 5.83. The predicted molar refractivity (Wildman–Crippen MR) is 127 cm³/mol. The first-order valence-corrected chi connectivity index (χ1v) is 12.6. The van der Waals surface area contributed by atoms with Crippen LogP contribution in [0.25, 0.3) is 11.4 Å². The van der Waals surface area contributed by atoms with Gasteiger partial charge in [-0.25, -0.2) is 9.97 Å². The third-order valence-electron chi connectivity index (χ3n) is 8.56. The minimum absolute atomic E-state index is 0.0479. The molecule has 0 unspecified atom stereocenters. The van der Waals surface area contributed by atoms with E-state index in [0.29, 0.717) is 18.2 Å². The molecule has 0 radical (unpaired) electrons. The van der Waals surface area contributed by atoms with Crippen LogP contribution in [0.1, 0.15) is 51.1 Å². The van der Waals surface area contributed by atoms with Gasteiger partial charge in [-0.2, -0.15) is 0 Å². The quantitative estimate of drug-likeness (QED) is 0.778. The van der Waals surface area contributed by atoms with Crippen LogP contribution >= 0.6 is 0 Å². The van der Waals surface area contributed by atoms with Crippen LogP contribution in [0.5, 0.6) is 0 Å². The minimum Gasteiger partial charge on any atom is -0.353 e. The summed E-state index contributed by atoms with van der Waals surface area (Å²) in [6, 6.07) is 5.49. The maximum Gasteiger partial charge on any atom is 0.251 e. The first-order valence-electron chi connectivity index (χ1n) is 12.6. The Morgan fingerprint density at radius 3 is 2.30 bits per heavy atom. The van der Waals surface area contributed by atoms with Crippen molar-refractivity contribution in [2.75, 3.05) is 31.1 Å². The van der Waals surface area contributed by atoms with Gasteiger partial charge in [0.2, 0.25) is 5.91 Å². The van der Waals surface area contributed by atoms with E-state index in [1.54, 1.807) is 6.20 Å². The van der Waals surface area contributed by atoms with E-state index in [0.717, 1.165) is 80.3 Å². The number of H-pyrrole nitrogens is 1. The van der Waals surface area contributed by atoms with Crippen LogP contribution in [0.2, 0.25) is 0 Å². The van der Waals surface area contributed by atoms with Crippen molar-refractivity contribution in [1.82, 2.24) is 19.9 Å². The van der Waals surface area contributed by atoms with Gasteiger partial charge in [-0.15, -0.1) is 0 Å². The zero-order valence-corrected chi connectivity index (χ0v) is 19.4. The smallest absolute Gasteiger partial charge is 0.251 e. The average molecular weight is 448 g/mol. The molecule has 4 aliphatic carbocycles. The molecule has 1 aliphatic heterocycles. The summed E-state index contributed by atoms with van der Waals surface area (Å²) in [7, 11) is 0. The molecule has 0 aromatic carbocycles. The Balaban J connectivity index is 1.11. The second-order valence-corrected chi connectivity index (χ2v) is 10.8. The monoisotopic (exact) mass is 447 g/mol. The van der Waals surface area contributed by atoms with Gasteiger partial charge in [0.1, 0.15) is 11.6 Å². The van der Waals surface area contributed by atoms with Crippen molar-refractivity contribution in [2.24, 2.45) is 23.2 Å². The number of aromatic amines is 1. The van der Waals surface area contributed by atoms with Gasteiger partial charge in [0, 0.05) is 49.7 Å². The zero-order chi connectivity index (χ0) is 22.6. The Morgan fingerprint density at radius 2 is 1.73 bits per heavy atom. The molecule has 4 saturated carbocycles. The van der Waals surface area contributed by atoms with Crippen LogP contribution in [0.3, 0.4) is 0 Å². The summed E-state index contributed by atoms with van der Waals surface area (Å²) in [6.45, 7) is 5.16. The Kier molecular flexibility index (Phi) is 5.03. The average Bonchev–Trinajstić information content (AvgIpc) is 2.82. The lowest BCUT2D eigenvalue weighted by atomic mass is 9.49. The van der Waals surface area contributed by atoms with Crippen molar-refractivity contribution >= 4 is 11.7 Å². The van der Waals surface area contributed by atoms with Crippen LogP contribution in [0.15, 0.2) is 29.2 Å². The molecule has 3 heterocycles. The Labute approximate surface area is 194 Å². The number of carbonyl (C=O) groups is 1. The molecule has 0 spiro atoms. The minimum atomic E-state index is -0.138. The second kappa shape index (κ2) is 7.96. The van der Waals surface area contributed by atoms with Crippen molar-refractivity contribution in [3.8, 4) is 11.4 Å². The van der Waals surface area contributed by atoms with Crippen LogP contribution < -0.4 is 10.5 Å². The van der Waals surface area contributed by atoms with Gasteiger partial charge in [0.05, 0.1) is 5.41 Å². The van der Waals surface area contributed by atoms with E-state index in [2.05, 4.69) is 24.8 Å². The number of rotatable bonds is 4. The molecule has 4 bridgehead atoms. The standard InChI is InChI=1S/C26H33N5O2/c1-2-21-12-23(32)29-24(28-21)20-3-4-22(27-16-20)30-5-7-31(8-6-30)25(33)26-13-17-9-18(14-26)11-19(10-17)15-26/h3-4,12,16-19H,2,5-11,13-15H2,1H3,(H,28,29,32). The topological polar surface area (TPSA) is 82.2 Å². The molecule has 7 rings (SSSR count). The van der Waals surface area contributed by atoms with Gasteiger partial charge in [-0.1, -0.05) is 6.92 Å². The van der Waals surface area contributed by atoms with Gasteiger partial charge in [-0.3, -0.25) is 9.59 Å². The Morgan fingerprint density at radius 1 is 1.06 bits per heavy atom. The highest BCUT2D eigenvalue weighted by atomic mass is 16.2. The van der Waals surface area contributed by atoms with Crippen molar-refractivity contribution in [3.05, 3.63) is 40.4 Å². The molecule has 174 valence electrons. The molecule has 1 amide bonds. The van der Waals surface area contributed by atoms with E-state index < -0.39 is 0 Å². The second-order valence-electron chi connectivity index (χ2n) is 10.8. The fourth-order valence-corrected chi connectivity index (χ4v) is 7.39. The largest absolute Gasteiger partial charge is 0.353 e. The van der Waals surface area contributed by atoms with Crippen LogP contribution in [-0.4, -0.2) is 51.9 Å².